The second kappa shape index (κ2) is 7.62. The summed E-state index contributed by atoms with van der Waals surface area (Å²) in [4.78, 5) is 28.8. The van der Waals surface area contributed by atoms with Gasteiger partial charge in [0.2, 0.25) is 5.91 Å². The highest BCUT2D eigenvalue weighted by Crippen LogP contribution is 2.28. The number of carbonyl (C=O) groups is 1. The first kappa shape index (κ1) is 18.5. The van der Waals surface area contributed by atoms with Gasteiger partial charge in [-0.05, 0) is 56.2 Å². The van der Waals surface area contributed by atoms with Crippen molar-refractivity contribution in [3.8, 4) is 0 Å². The standard InChI is InChI=1S/C22H26N4O2/c1-14-17(15(2)26-20(23-14)13-22(28)25-26)11-12-21(27)24-19-10-6-4-8-16-7-3-5-9-18(16)19/h3,5,7,9,13,19H,4,6,8,10-12H2,1-2H3,(H,24,27)(H,25,28)/t19-/m0/s1. The first-order valence-corrected chi connectivity index (χ1v) is 9.98. The molecular weight excluding hydrogens is 352 g/mol. The van der Waals surface area contributed by atoms with Crippen molar-refractivity contribution in [3.63, 3.8) is 0 Å². The van der Waals surface area contributed by atoms with E-state index in [-0.39, 0.29) is 17.5 Å². The highest BCUT2D eigenvalue weighted by molar-refractivity contribution is 5.77. The lowest BCUT2D eigenvalue weighted by molar-refractivity contribution is -0.121. The number of hydrogen-bond acceptors (Lipinski definition) is 3. The van der Waals surface area contributed by atoms with Gasteiger partial charge in [-0.2, -0.15) is 0 Å². The molecule has 6 nitrogen and oxygen atoms in total. The maximum atomic E-state index is 12.7. The van der Waals surface area contributed by atoms with Gasteiger partial charge < -0.3 is 5.32 Å². The molecule has 0 aliphatic heterocycles. The van der Waals surface area contributed by atoms with Gasteiger partial charge in [0.15, 0.2) is 5.65 Å². The Kier molecular flexibility index (Phi) is 5.03. The van der Waals surface area contributed by atoms with Gasteiger partial charge in [0.1, 0.15) is 0 Å². The zero-order chi connectivity index (χ0) is 19.7. The van der Waals surface area contributed by atoms with Crippen molar-refractivity contribution in [2.45, 2.75) is 58.4 Å². The van der Waals surface area contributed by atoms with Crippen LogP contribution in [0.1, 0.15) is 59.8 Å². The molecular formula is C22H26N4O2. The van der Waals surface area contributed by atoms with E-state index in [4.69, 9.17) is 0 Å². The molecule has 1 amide bonds. The third kappa shape index (κ3) is 3.59. The lowest BCUT2D eigenvalue weighted by Crippen LogP contribution is -2.29. The lowest BCUT2D eigenvalue weighted by Gasteiger charge is -2.20. The van der Waals surface area contributed by atoms with Gasteiger partial charge in [-0.25, -0.2) is 9.50 Å². The van der Waals surface area contributed by atoms with Gasteiger partial charge in [-0.1, -0.05) is 30.7 Å². The number of rotatable bonds is 4. The highest BCUT2D eigenvalue weighted by Gasteiger charge is 2.20. The summed E-state index contributed by atoms with van der Waals surface area (Å²) in [7, 11) is 0. The molecule has 0 unspecified atom stereocenters. The van der Waals surface area contributed by atoms with E-state index in [0.717, 1.165) is 36.2 Å². The number of amides is 1. The van der Waals surface area contributed by atoms with Crippen molar-refractivity contribution < 1.29 is 4.79 Å². The fraction of sp³-hybridized carbons (Fsp3) is 0.409. The van der Waals surface area contributed by atoms with Gasteiger partial charge in [0.05, 0.1) is 6.04 Å². The van der Waals surface area contributed by atoms with E-state index < -0.39 is 0 Å². The van der Waals surface area contributed by atoms with Crippen molar-refractivity contribution in [3.05, 3.63) is 68.8 Å². The number of hydrogen-bond donors (Lipinski definition) is 2. The summed E-state index contributed by atoms with van der Waals surface area (Å²) in [6, 6.07) is 10.0. The second-order valence-electron chi connectivity index (χ2n) is 7.64. The number of aromatic amines is 1. The van der Waals surface area contributed by atoms with Crippen LogP contribution in [0.2, 0.25) is 0 Å². The van der Waals surface area contributed by atoms with Crippen LogP contribution in [0, 0.1) is 13.8 Å². The average Bonchev–Trinajstić information content (AvgIpc) is 2.92. The summed E-state index contributed by atoms with van der Waals surface area (Å²) in [6.07, 6.45) is 5.36. The summed E-state index contributed by atoms with van der Waals surface area (Å²) in [5, 5.41) is 6.01. The Hall–Kier alpha value is -2.89. The molecule has 2 aromatic heterocycles. The lowest BCUT2D eigenvalue weighted by atomic mass is 9.98. The van der Waals surface area contributed by atoms with Crippen LogP contribution >= 0.6 is 0 Å². The van der Waals surface area contributed by atoms with Gasteiger partial charge in [-0.15, -0.1) is 0 Å². The van der Waals surface area contributed by atoms with Crippen molar-refractivity contribution >= 4 is 11.6 Å². The first-order chi connectivity index (χ1) is 13.5. The molecule has 1 aliphatic carbocycles. The summed E-state index contributed by atoms with van der Waals surface area (Å²) in [6.45, 7) is 3.88. The number of nitrogens with zero attached hydrogens (tertiary/aromatic N) is 2. The minimum atomic E-state index is -0.170. The Balaban J connectivity index is 1.48. The largest absolute Gasteiger partial charge is 0.349 e. The third-order valence-electron chi connectivity index (χ3n) is 5.76. The van der Waals surface area contributed by atoms with Gasteiger partial charge in [0, 0.05) is 23.9 Å². The Labute approximate surface area is 164 Å². The van der Waals surface area contributed by atoms with E-state index in [9.17, 15) is 9.59 Å². The smallest absolute Gasteiger partial charge is 0.266 e. The molecule has 2 heterocycles. The summed E-state index contributed by atoms with van der Waals surface area (Å²) in [5.41, 5.74) is 5.86. The van der Waals surface area contributed by atoms with E-state index in [0.29, 0.717) is 18.5 Å². The fourth-order valence-corrected chi connectivity index (χ4v) is 4.29. The molecule has 28 heavy (non-hydrogen) atoms. The Morgan fingerprint density at radius 2 is 2.11 bits per heavy atom. The van der Waals surface area contributed by atoms with Crippen LogP contribution in [-0.2, 0) is 17.6 Å². The number of aryl methyl sites for hydroxylation is 3. The molecule has 1 aromatic carbocycles. The van der Waals surface area contributed by atoms with Gasteiger partial charge in [-0.3, -0.25) is 14.7 Å². The van der Waals surface area contributed by atoms with Crippen molar-refractivity contribution in [1.82, 2.24) is 19.9 Å². The monoisotopic (exact) mass is 378 g/mol. The normalized spacial score (nSPS) is 16.6. The van der Waals surface area contributed by atoms with Crippen LogP contribution in [0.4, 0.5) is 0 Å². The Morgan fingerprint density at radius 1 is 1.29 bits per heavy atom. The number of fused-ring (bicyclic) bond motifs is 2. The van der Waals surface area contributed by atoms with Crippen molar-refractivity contribution in [2.75, 3.05) is 0 Å². The number of H-pyrrole nitrogens is 1. The van der Waals surface area contributed by atoms with Gasteiger partial charge >= 0.3 is 0 Å². The van der Waals surface area contributed by atoms with E-state index in [1.807, 2.05) is 13.8 Å². The quantitative estimate of drug-likeness (QED) is 0.685. The molecule has 0 spiro atoms. The van der Waals surface area contributed by atoms with E-state index in [2.05, 4.69) is 39.7 Å². The molecule has 0 saturated heterocycles. The van der Waals surface area contributed by atoms with Crippen LogP contribution < -0.4 is 10.9 Å². The summed E-state index contributed by atoms with van der Waals surface area (Å²) >= 11 is 0. The zero-order valence-electron chi connectivity index (χ0n) is 16.4. The van der Waals surface area contributed by atoms with E-state index in [1.54, 1.807) is 4.52 Å². The zero-order valence-corrected chi connectivity index (χ0v) is 16.4. The van der Waals surface area contributed by atoms with Crippen LogP contribution in [-0.4, -0.2) is 20.5 Å². The topological polar surface area (TPSA) is 79.3 Å². The predicted octanol–water partition coefficient (Wildman–Crippen LogP) is 3.16. The van der Waals surface area contributed by atoms with Crippen LogP contribution in [0.25, 0.3) is 5.65 Å². The second-order valence-corrected chi connectivity index (χ2v) is 7.64. The SMILES string of the molecule is Cc1nc2cc(=O)[nH]n2c(C)c1CCC(=O)N[C@H]1CCCCc2ccccc21. The maximum absolute atomic E-state index is 12.7. The molecule has 0 radical (unpaired) electrons. The summed E-state index contributed by atoms with van der Waals surface area (Å²) in [5.74, 6) is 0.0570. The maximum Gasteiger partial charge on any atom is 0.266 e. The molecule has 1 aliphatic rings. The highest BCUT2D eigenvalue weighted by atomic mass is 16.1. The Morgan fingerprint density at radius 3 is 2.96 bits per heavy atom. The van der Waals surface area contributed by atoms with Crippen molar-refractivity contribution in [2.24, 2.45) is 0 Å². The summed E-state index contributed by atoms with van der Waals surface area (Å²) < 4.78 is 1.70. The number of benzene rings is 1. The number of aromatic nitrogens is 3. The molecule has 4 rings (SSSR count). The van der Waals surface area contributed by atoms with E-state index >= 15 is 0 Å². The molecule has 2 N–H and O–H groups in total. The average molecular weight is 378 g/mol. The van der Waals surface area contributed by atoms with Gasteiger partial charge in [0.25, 0.3) is 5.56 Å². The number of nitrogens with one attached hydrogen (secondary N) is 2. The first-order valence-electron chi connectivity index (χ1n) is 9.98. The van der Waals surface area contributed by atoms with Crippen LogP contribution in [0.3, 0.4) is 0 Å². The molecule has 0 saturated carbocycles. The minimum absolute atomic E-state index is 0.0570. The molecule has 146 valence electrons. The molecule has 1 atom stereocenters. The fourth-order valence-electron chi connectivity index (χ4n) is 4.29. The molecule has 6 heteroatoms. The third-order valence-corrected chi connectivity index (χ3v) is 5.76. The predicted molar refractivity (Wildman–Crippen MR) is 108 cm³/mol. The minimum Gasteiger partial charge on any atom is -0.349 e. The van der Waals surface area contributed by atoms with E-state index in [1.165, 1.54) is 23.6 Å². The van der Waals surface area contributed by atoms with Crippen LogP contribution in [0.5, 0.6) is 0 Å². The number of carbonyl (C=O) groups excluding carboxylic acids is 1. The van der Waals surface area contributed by atoms with Crippen LogP contribution in [0.15, 0.2) is 35.1 Å². The molecule has 3 aromatic rings. The molecule has 0 bridgehead atoms. The Bertz CT molecular complexity index is 1080. The van der Waals surface area contributed by atoms with Crippen molar-refractivity contribution in [1.29, 1.82) is 0 Å². The molecule has 0 fully saturated rings.